The van der Waals surface area contributed by atoms with Crippen molar-refractivity contribution in [1.29, 1.82) is 0 Å². The van der Waals surface area contributed by atoms with E-state index in [1.807, 2.05) is 0 Å². The molecule has 1 fully saturated rings. The van der Waals surface area contributed by atoms with Gasteiger partial charge in [-0.05, 0) is 32.6 Å². The summed E-state index contributed by atoms with van der Waals surface area (Å²) in [6.07, 6.45) is 1.33. The minimum Gasteiger partial charge on any atom is -0.391 e. The molecular formula is C10H16N2O4S. The molecular weight excluding hydrogens is 244 g/mol. The van der Waals surface area contributed by atoms with E-state index >= 15 is 0 Å². The minimum absolute atomic E-state index is 0.0388. The lowest BCUT2D eigenvalue weighted by atomic mass is 10.2. The molecule has 1 saturated carbocycles. The zero-order chi connectivity index (χ0) is 12.6. The van der Waals surface area contributed by atoms with Crippen LogP contribution in [-0.4, -0.2) is 31.3 Å². The van der Waals surface area contributed by atoms with Gasteiger partial charge in [0.25, 0.3) is 0 Å². The first-order valence-electron chi connectivity index (χ1n) is 5.52. The molecule has 0 saturated heterocycles. The lowest BCUT2D eigenvalue weighted by Gasteiger charge is -2.10. The van der Waals surface area contributed by atoms with Gasteiger partial charge in [0.05, 0.1) is 6.10 Å². The Kier molecular flexibility index (Phi) is 3.24. The molecule has 1 aromatic rings. The van der Waals surface area contributed by atoms with Crippen LogP contribution < -0.4 is 4.72 Å². The van der Waals surface area contributed by atoms with Crippen LogP contribution >= 0.6 is 0 Å². The van der Waals surface area contributed by atoms with Gasteiger partial charge >= 0.3 is 0 Å². The van der Waals surface area contributed by atoms with Gasteiger partial charge < -0.3 is 9.63 Å². The van der Waals surface area contributed by atoms with Crippen molar-refractivity contribution in [2.24, 2.45) is 5.92 Å². The quantitative estimate of drug-likeness (QED) is 0.796. The average molecular weight is 260 g/mol. The van der Waals surface area contributed by atoms with Gasteiger partial charge in [-0.1, -0.05) is 5.16 Å². The average Bonchev–Trinajstić information content (AvgIpc) is 3.02. The number of nitrogens with zero attached hydrogens (tertiary/aromatic N) is 1. The number of hydrogen-bond acceptors (Lipinski definition) is 5. The van der Waals surface area contributed by atoms with E-state index in [9.17, 15) is 13.5 Å². The molecule has 17 heavy (non-hydrogen) atoms. The Hall–Kier alpha value is -0.920. The van der Waals surface area contributed by atoms with Crippen molar-refractivity contribution >= 4 is 10.0 Å². The third-order valence-corrected chi connectivity index (χ3v) is 4.55. The molecule has 0 bridgehead atoms. The van der Waals surface area contributed by atoms with Gasteiger partial charge in [0.15, 0.2) is 5.76 Å². The Morgan fingerprint density at radius 1 is 1.53 bits per heavy atom. The number of aryl methyl sites for hydroxylation is 2. The number of aromatic nitrogens is 1. The molecule has 1 aliphatic carbocycles. The summed E-state index contributed by atoms with van der Waals surface area (Å²) in [5.74, 6) is 0.498. The van der Waals surface area contributed by atoms with Crippen LogP contribution in [0.4, 0.5) is 0 Å². The van der Waals surface area contributed by atoms with Crippen molar-refractivity contribution in [1.82, 2.24) is 9.88 Å². The molecule has 1 atom stereocenters. The SMILES string of the molecule is Cc1noc(C)c1S(=O)(=O)NCC(O)C1CC1. The van der Waals surface area contributed by atoms with Gasteiger partial charge in [-0.25, -0.2) is 13.1 Å². The number of aliphatic hydroxyl groups is 1. The van der Waals surface area contributed by atoms with E-state index in [2.05, 4.69) is 9.88 Å². The summed E-state index contributed by atoms with van der Waals surface area (Å²) in [4.78, 5) is 0.0699. The van der Waals surface area contributed by atoms with Crippen molar-refractivity contribution in [3.8, 4) is 0 Å². The van der Waals surface area contributed by atoms with E-state index in [1.165, 1.54) is 0 Å². The summed E-state index contributed by atoms with van der Waals surface area (Å²) in [7, 11) is -3.65. The third-order valence-electron chi connectivity index (χ3n) is 2.89. The zero-order valence-electron chi connectivity index (χ0n) is 9.80. The Bertz CT molecular complexity index is 485. The molecule has 0 spiro atoms. The maximum absolute atomic E-state index is 12.0. The number of hydrogen-bond donors (Lipinski definition) is 2. The molecule has 2 rings (SSSR count). The predicted octanol–water partition coefficient (Wildman–Crippen LogP) is 0.341. The van der Waals surface area contributed by atoms with E-state index in [0.717, 1.165) is 12.8 Å². The monoisotopic (exact) mass is 260 g/mol. The topological polar surface area (TPSA) is 92.4 Å². The van der Waals surface area contributed by atoms with E-state index in [-0.39, 0.29) is 23.1 Å². The number of nitrogens with one attached hydrogen (secondary N) is 1. The number of aliphatic hydroxyl groups excluding tert-OH is 1. The third kappa shape index (κ3) is 2.67. The molecule has 2 N–H and O–H groups in total. The van der Waals surface area contributed by atoms with E-state index < -0.39 is 16.1 Å². The number of sulfonamides is 1. The molecule has 0 aliphatic heterocycles. The highest BCUT2D eigenvalue weighted by atomic mass is 32.2. The number of rotatable bonds is 5. The highest BCUT2D eigenvalue weighted by molar-refractivity contribution is 7.89. The Morgan fingerprint density at radius 3 is 2.65 bits per heavy atom. The fourth-order valence-electron chi connectivity index (χ4n) is 1.77. The fraction of sp³-hybridized carbons (Fsp3) is 0.700. The molecule has 0 aromatic carbocycles. The highest BCUT2D eigenvalue weighted by Gasteiger charge is 2.31. The van der Waals surface area contributed by atoms with Gasteiger partial charge in [0.2, 0.25) is 10.0 Å². The lowest BCUT2D eigenvalue weighted by molar-refractivity contribution is 0.155. The molecule has 1 aromatic heterocycles. The first-order valence-corrected chi connectivity index (χ1v) is 7.00. The van der Waals surface area contributed by atoms with Crippen molar-refractivity contribution in [3.63, 3.8) is 0 Å². The minimum atomic E-state index is -3.65. The van der Waals surface area contributed by atoms with E-state index in [0.29, 0.717) is 5.69 Å². The normalized spacial score (nSPS) is 18.3. The molecule has 1 heterocycles. The summed E-state index contributed by atoms with van der Waals surface area (Å²) in [5.41, 5.74) is 0.330. The first-order chi connectivity index (χ1) is 7.92. The largest absolute Gasteiger partial charge is 0.391 e. The molecule has 6 nitrogen and oxygen atoms in total. The van der Waals surface area contributed by atoms with Crippen molar-refractivity contribution in [2.75, 3.05) is 6.54 Å². The summed E-state index contributed by atoms with van der Waals surface area (Å²) in [6, 6.07) is 0. The molecule has 1 unspecified atom stereocenters. The highest BCUT2D eigenvalue weighted by Crippen LogP contribution is 2.32. The second kappa shape index (κ2) is 4.40. The van der Waals surface area contributed by atoms with Crippen LogP contribution in [0.25, 0.3) is 0 Å². The molecule has 0 radical (unpaired) electrons. The Balaban J connectivity index is 2.08. The smallest absolute Gasteiger partial charge is 0.246 e. The van der Waals surface area contributed by atoms with Crippen LogP contribution in [0.15, 0.2) is 9.42 Å². The van der Waals surface area contributed by atoms with Crippen LogP contribution in [0.5, 0.6) is 0 Å². The second-order valence-corrected chi connectivity index (χ2v) is 6.11. The van der Waals surface area contributed by atoms with Gasteiger partial charge in [-0.15, -0.1) is 0 Å². The summed E-state index contributed by atoms with van der Waals surface area (Å²) < 4.78 is 31.1. The lowest BCUT2D eigenvalue weighted by Crippen LogP contribution is -2.33. The van der Waals surface area contributed by atoms with Crippen molar-refractivity contribution in [3.05, 3.63) is 11.5 Å². The Morgan fingerprint density at radius 2 is 2.18 bits per heavy atom. The van der Waals surface area contributed by atoms with Crippen LogP contribution in [0.1, 0.15) is 24.3 Å². The maximum Gasteiger partial charge on any atom is 0.246 e. The van der Waals surface area contributed by atoms with Crippen molar-refractivity contribution in [2.45, 2.75) is 37.7 Å². The molecule has 7 heteroatoms. The van der Waals surface area contributed by atoms with Gasteiger partial charge in [-0.3, -0.25) is 0 Å². The first kappa shape index (κ1) is 12.5. The van der Waals surface area contributed by atoms with Gasteiger partial charge in [-0.2, -0.15) is 0 Å². The van der Waals surface area contributed by atoms with Crippen LogP contribution in [-0.2, 0) is 10.0 Å². The molecule has 96 valence electrons. The van der Waals surface area contributed by atoms with E-state index in [1.54, 1.807) is 13.8 Å². The second-order valence-electron chi connectivity index (χ2n) is 4.41. The van der Waals surface area contributed by atoms with Crippen LogP contribution in [0.3, 0.4) is 0 Å². The van der Waals surface area contributed by atoms with Gasteiger partial charge in [0, 0.05) is 6.54 Å². The van der Waals surface area contributed by atoms with Crippen molar-refractivity contribution < 1.29 is 18.0 Å². The maximum atomic E-state index is 12.0. The zero-order valence-corrected chi connectivity index (χ0v) is 10.6. The molecule has 0 amide bonds. The fourth-order valence-corrected chi connectivity index (χ4v) is 3.15. The summed E-state index contributed by atoms with van der Waals surface area (Å²) in [5, 5.41) is 13.2. The Labute approximate surface area is 100 Å². The van der Waals surface area contributed by atoms with Gasteiger partial charge in [0.1, 0.15) is 10.6 Å². The molecule has 1 aliphatic rings. The van der Waals surface area contributed by atoms with E-state index in [4.69, 9.17) is 4.52 Å². The predicted molar refractivity (Wildman–Crippen MR) is 59.9 cm³/mol. The summed E-state index contributed by atoms with van der Waals surface area (Å²) in [6.45, 7) is 3.16. The summed E-state index contributed by atoms with van der Waals surface area (Å²) >= 11 is 0. The van der Waals surface area contributed by atoms with Crippen LogP contribution in [0.2, 0.25) is 0 Å². The standard InChI is InChI=1S/C10H16N2O4S/c1-6-10(7(2)16-12-6)17(14,15)11-5-9(13)8-3-4-8/h8-9,11,13H,3-5H2,1-2H3. The van der Waals surface area contributed by atoms with Crippen LogP contribution in [0, 0.1) is 19.8 Å².